The van der Waals surface area contributed by atoms with Crippen LogP contribution in [0, 0.1) is 13.8 Å². The summed E-state index contributed by atoms with van der Waals surface area (Å²) >= 11 is 0. The summed E-state index contributed by atoms with van der Waals surface area (Å²) in [5.41, 5.74) is 3.06. The summed E-state index contributed by atoms with van der Waals surface area (Å²) in [4.78, 5) is 4.02. The zero-order valence-electron chi connectivity index (χ0n) is 12.3. The van der Waals surface area contributed by atoms with Gasteiger partial charge >= 0.3 is 0 Å². The fourth-order valence-electron chi connectivity index (χ4n) is 2.11. The van der Waals surface area contributed by atoms with Crippen LogP contribution in [0.5, 0.6) is 0 Å². The minimum absolute atomic E-state index is 0.0160. The van der Waals surface area contributed by atoms with E-state index in [4.69, 9.17) is 0 Å². The number of aryl methyl sites for hydroxylation is 2. The molecule has 20 heavy (non-hydrogen) atoms. The minimum atomic E-state index is -3.42. The van der Waals surface area contributed by atoms with Gasteiger partial charge in [0.25, 0.3) is 0 Å². The highest BCUT2D eigenvalue weighted by Crippen LogP contribution is 2.19. The summed E-state index contributed by atoms with van der Waals surface area (Å²) in [5.74, 6) is -0.0160. The number of nitrogens with zero attached hydrogens (tertiary/aromatic N) is 2. The van der Waals surface area contributed by atoms with Gasteiger partial charge in [-0.15, -0.1) is 0 Å². The molecule has 0 radical (unpaired) electrons. The highest BCUT2D eigenvalue weighted by atomic mass is 32.2. The summed E-state index contributed by atoms with van der Waals surface area (Å²) in [5, 5.41) is 0.144. The van der Waals surface area contributed by atoms with Gasteiger partial charge in [0.2, 0.25) is 15.0 Å². The van der Waals surface area contributed by atoms with Crippen molar-refractivity contribution in [1.82, 2.24) is 9.55 Å². The number of imidazole rings is 1. The summed E-state index contributed by atoms with van der Waals surface area (Å²) in [6, 6.07) is 5.81. The lowest BCUT2D eigenvalue weighted by molar-refractivity contribution is 0.520. The van der Waals surface area contributed by atoms with Crippen LogP contribution in [0.15, 0.2) is 35.7 Å². The van der Waals surface area contributed by atoms with Crippen LogP contribution >= 0.6 is 0 Å². The van der Waals surface area contributed by atoms with E-state index < -0.39 is 9.84 Å². The van der Waals surface area contributed by atoms with Crippen LogP contribution in [0.2, 0.25) is 0 Å². The average molecular weight is 292 g/mol. The quantitative estimate of drug-likeness (QED) is 0.870. The maximum atomic E-state index is 12.5. The van der Waals surface area contributed by atoms with E-state index in [1.165, 1.54) is 6.20 Å². The van der Waals surface area contributed by atoms with Crippen LogP contribution in [0.1, 0.15) is 36.6 Å². The van der Waals surface area contributed by atoms with E-state index >= 15 is 0 Å². The van der Waals surface area contributed by atoms with Crippen molar-refractivity contribution in [3.05, 3.63) is 47.3 Å². The Morgan fingerprint density at radius 3 is 2.50 bits per heavy atom. The SMILES string of the molecule is Cc1ccc(CS(=O)(=O)c2nccn2C(C)C)cc1C. The summed E-state index contributed by atoms with van der Waals surface area (Å²) < 4.78 is 26.7. The zero-order valence-corrected chi connectivity index (χ0v) is 13.1. The van der Waals surface area contributed by atoms with Crippen molar-refractivity contribution in [2.75, 3.05) is 0 Å². The predicted octanol–water partition coefficient (Wildman–Crippen LogP) is 3.05. The molecule has 1 aromatic carbocycles. The Balaban J connectivity index is 2.36. The third kappa shape index (κ3) is 2.93. The highest BCUT2D eigenvalue weighted by Gasteiger charge is 2.22. The van der Waals surface area contributed by atoms with E-state index in [9.17, 15) is 8.42 Å². The molecule has 1 aromatic heterocycles. The Hall–Kier alpha value is -1.62. The van der Waals surface area contributed by atoms with Crippen LogP contribution in [0.4, 0.5) is 0 Å². The normalized spacial score (nSPS) is 12.1. The van der Waals surface area contributed by atoms with Crippen LogP contribution in [-0.4, -0.2) is 18.0 Å². The smallest absolute Gasteiger partial charge is 0.228 e. The molecule has 0 aliphatic carbocycles. The second-order valence-electron chi connectivity index (χ2n) is 5.39. The van der Waals surface area contributed by atoms with Gasteiger partial charge in [-0.05, 0) is 44.4 Å². The Morgan fingerprint density at radius 1 is 1.20 bits per heavy atom. The number of hydrogen-bond acceptors (Lipinski definition) is 3. The van der Waals surface area contributed by atoms with E-state index in [0.717, 1.165) is 16.7 Å². The molecule has 0 aliphatic rings. The fraction of sp³-hybridized carbons (Fsp3) is 0.400. The first kappa shape index (κ1) is 14.8. The average Bonchev–Trinajstić information content (AvgIpc) is 2.83. The summed E-state index contributed by atoms with van der Waals surface area (Å²) in [7, 11) is -3.42. The molecule has 4 nitrogen and oxygen atoms in total. The monoisotopic (exact) mass is 292 g/mol. The molecule has 0 amide bonds. The van der Waals surface area contributed by atoms with E-state index in [-0.39, 0.29) is 17.0 Å². The number of sulfone groups is 1. The third-order valence-electron chi connectivity index (χ3n) is 3.40. The number of aromatic nitrogens is 2. The minimum Gasteiger partial charge on any atom is -0.319 e. The number of hydrogen-bond donors (Lipinski definition) is 0. The molecular formula is C15H20N2O2S. The lowest BCUT2D eigenvalue weighted by Crippen LogP contribution is -2.14. The molecule has 0 spiro atoms. The van der Waals surface area contributed by atoms with Gasteiger partial charge in [0, 0.05) is 18.4 Å². The van der Waals surface area contributed by atoms with Crippen molar-refractivity contribution in [3.63, 3.8) is 0 Å². The van der Waals surface area contributed by atoms with E-state index in [0.29, 0.717) is 0 Å². The molecule has 0 N–H and O–H groups in total. The Morgan fingerprint density at radius 2 is 1.90 bits per heavy atom. The zero-order chi connectivity index (χ0) is 14.9. The first-order valence-electron chi connectivity index (χ1n) is 6.63. The molecule has 0 unspecified atom stereocenters. The molecule has 108 valence electrons. The third-order valence-corrected chi connectivity index (χ3v) is 4.98. The van der Waals surface area contributed by atoms with Crippen LogP contribution in [0.25, 0.3) is 0 Å². The molecule has 0 saturated heterocycles. The van der Waals surface area contributed by atoms with Crippen LogP contribution in [-0.2, 0) is 15.6 Å². The van der Waals surface area contributed by atoms with Crippen LogP contribution < -0.4 is 0 Å². The molecule has 0 atom stereocenters. The Bertz CT molecular complexity index is 715. The van der Waals surface area contributed by atoms with Gasteiger partial charge in [0.05, 0.1) is 5.75 Å². The maximum absolute atomic E-state index is 12.5. The van der Waals surface area contributed by atoms with Crippen molar-refractivity contribution in [1.29, 1.82) is 0 Å². The van der Waals surface area contributed by atoms with Crippen LogP contribution in [0.3, 0.4) is 0 Å². The van der Waals surface area contributed by atoms with Gasteiger partial charge in [0.1, 0.15) is 0 Å². The van der Waals surface area contributed by atoms with E-state index in [1.54, 1.807) is 10.8 Å². The molecule has 0 fully saturated rings. The predicted molar refractivity (Wildman–Crippen MR) is 79.4 cm³/mol. The molecule has 0 aliphatic heterocycles. The molecule has 0 saturated carbocycles. The lowest BCUT2D eigenvalue weighted by Gasteiger charge is -2.12. The first-order valence-corrected chi connectivity index (χ1v) is 8.28. The molecule has 5 heteroatoms. The van der Waals surface area contributed by atoms with Crippen molar-refractivity contribution >= 4 is 9.84 Å². The molecular weight excluding hydrogens is 272 g/mol. The van der Waals surface area contributed by atoms with Crippen molar-refractivity contribution < 1.29 is 8.42 Å². The topological polar surface area (TPSA) is 52.0 Å². The van der Waals surface area contributed by atoms with Gasteiger partial charge in [0.15, 0.2) is 0 Å². The summed E-state index contributed by atoms with van der Waals surface area (Å²) in [6.45, 7) is 7.88. The highest BCUT2D eigenvalue weighted by molar-refractivity contribution is 7.90. The van der Waals surface area contributed by atoms with Gasteiger partial charge in [-0.3, -0.25) is 0 Å². The second kappa shape index (κ2) is 5.40. The number of benzene rings is 1. The number of rotatable bonds is 4. The Kier molecular flexibility index (Phi) is 3.99. The Labute approximate surface area is 120 Å². The second-order valence-corrected chi connectivity index (χ2v) is 7.27. The maximum Gasteiger partial charge on any atom is 0.228 e. The lowest BCUT2D eigenvalue weighted by atomic mass is 10.1. The van der Waals surface area contributed by atoms with Gasteiger partial charge in [-0.25, -0.2) is 13.4 Å². The summed E-state index contributed by atoms with van der Waals surface area (Å²) in [6.07, 6.45) is 3.24. The van der Waals surface area contributed by atoms with E-state index in [2.05, 4.69) is 4.98 Å². The van der Waals surface area contributed by atoms with Crippen molar-refractivity contribution in [3.8, 4) is 0 Å². The first-order chi connectivity index (χ1) is 9.31. The van der Waals surface area contributed by atoms with Gasteiger partial charge in [-0.2, -0.15) is 0 Å². The van der Waals surface area contributed by atoms with Gasteiger partial charge < -0.3 is 4.57 Å². The van der Waals surface area contributed by atoms with Crippen molar-refractivity contribution in [2.24, 2.45) is 0 Å². The molecule has 1 heterocycles. The van der Waals surface area contributed by atoms with Gasteiger partial charge in [-0.1, -0.05) is 18.2 Å². The largest absolute Gasteiger partial charge is 0.319 e. The van der Waals surface area contributed by atoms with E-state index in [1.807, 2.05) is 45.9 Å². The molecule has 2 rings (SSSR count). The van der Waals surface area contributed by atoms with Crippen molar-refractivity contribution in [2.45, 2.75) is 44.6 Å². The fourth-order valence-corrected chi connectivity index (χ4v) is 3.67. The standard InChI is InChI=1S/C15H20N2O2S/c1-11(2)17-8-7-16-15(17)20(18,19)10-14-6-5-12(3)13(4)9-14/h5-9,11H,10H2,1-4H3. The molecule has 2 aromatic rings. The molecule has 0 bridgehead atoms.